The van der Waals surface area contributed by atoms with Gasteiger partial charge in [-0.25, -0.2) is 0 Å². The monoisotopic (exact) mass is 315 g/mol. The quantitative estimate of drug-likeness (QED) is 0.848. The first-order chi connectivity index (χ1) is 11.2. The van der Waals surface area contributed by atoms with Gasteiger partial charge in [0.1, 0.15) is 0 Å². The summed E-state index contributed by atoms with van der Waals surface area (Å²) in [7, 11) is 0. The normalized spacial score (nSPS) is 26.1. The lowest BCUT2D eigenvalue weighted by molar-refractivity contribution is 0.0924. The van der Waals surface area contributed by atoms with Crippen molar-refractivity contribution in [3.63, 3.8) is 0 Å². The van der Waals surface area contributed by atoms with Gasteiger partial charge in [0.25, 0.3) is 5.91 Å². The summed E-state index contributed by atoms with van der Waals surface area (Å²) in [6, 6.07) is 9.59. The van der Waals surface area contributed by atoms with Crippen molar-refractivity contribution in [1.82, 2.24) is 10.6 Å². The molecule has 4 nitrogen and oxygen atoms in total. The third kappa shape index (κ3) is 3.86. The number of rotatable bonds is 6. The first kappa shape index (κ1) is 16.3. The van der Waals surface area contributed by atoms with Crippen LogP contribution in [0.3, 0.4) is 0 Å². The number of nitrogens with one attached hydrogen (secondary N) is 2. The second-order valence-electron chi connectivity index (χ2n) is 6.91. The number of piperidine rings is 1. The van der Waals surface area contributed by atoms with E-state index in [1.54, 1.807) is 0 Å². The first-order valence-corrected chi connectivity index (χ1v) is 9.11. The van der Waals surface area contributed by atoms with E-state index in [9.17, 15) is 4.79 Å². The Bertz CT molecular complexity index is 516. The summed E-state index contributed by atoms with van der Waals surface area (Å²) in [6.45, 7) is 6.41. The minimum absolute atomic E-state index is 0.0707. The second kappa shape index (κ2) is 7.35. The third-order valence-electron chi connectivity index (χ3n) is 5.18. The summed E-state index contributed by atoms with van der Waals surface area (Å²) in [5.41, 5.74) is 1.97. The van der Waals surface area contributed by atoms with Crippen molar-refractivity contribution in [1.29, 1.82) is 0 Å². The van der Waals surface area contributed by atoms with Gasteiger partial charge in [0.15, 0.2) is 0 Å². The van der Waals surface area contributed by atoms with Crippen molar-refractivity contribution in [2.45, 2.75) is 64.1 Å². The zero-order chi connectivity index (χ0) is 16.2. The molecular weight excluding hydrogens is 286 g/mol. The molecule has 2 N–H and O–H groups in total. The van der Waals surface area contributed by atoms with Crippen LogP contribution in [-0.2, 0) is 0 Å². The average Bonchev–Trinajstić information content (AvgIpc) is 2.91. The molecule has 2 fully saturated rings. The fraction of sp³-hybridized carbons (Fsp3) is 0.632. The molecule has 0 saturated carbocycles. The Morgan fingerprint density at radius 2 is 1.83 bits per heavy atom. The minimum atomic E-state index is 0.0707. The van der Waals surface area contributed by atoms with Gasteiger partial charge < -0.3 is 15.5 Å². The van der Waals surface area contributed by atoms with Crippen LogP contribution in [0.2, 0.25) is 0 Å². The van der Waals surface area contributed by atoms with Gasteiger partial charge in [-0.1, -0.05) is 6.92 Å². The van der Waals surface area contributed by atoms with Gasteiger partial charge in [0, 0.05) is 42.5 Å². The van der Waals surface area contributed by atoms with E-state index in [0.29, 0.717) is 18.1 Å². The number of carbonyl (C=O) groups is 1. The molecule has 0 aromatic heterocycles. The summed E-state index contributed by atoms with van der Waals surface area (Å²) < 4.78 is 0. The molecule has 0 aliphatic carbocycles. The molecule has 126 valence electrons. The number of fused-ring (bicyclic) bond motifs is 2. The molecule has 2 bridgehead atoms. The van der Waals surface area contributed by atoms with Crippen molar-refractivity contribution in [2.24, 2.45) is 0 Å². The van der Waals surface area contributed by atoms with Gasteiger partial charge in [-0.2, -0.15) is 0 Å². The molecule has 0 radical (unpaired) electrons. The summed E-state index contributed by atoms with van der Waals surface area (Å²) in [5, 5.41) is 6.85. The van der Waals surface area contributed by atoms with Crippen LogP contribution < -0.4 is 15.5 Å². The Hall–Kier alpha value is -1.55. The fourth-order valence-corrected chi connectivity index (χ4v) is 4.01. The Balaban J connectivity index is 1.59. The fourth-order valence-electron chi connectivity index (χ4n) is 4.01. The molecule has 23 heavy (non-hydrogen) atoms. The maximum atomic E-state index is 12.5. The van der Waals surface area contributed by atoms with E-state index in [1.165, 1.54) is 18.5 Å². The molecule has 2 heterocycles. The third-order valence-corrected chi connectivity index (χ3v) is 5.18. The van der Waals surface area contributed by atoms with Gasteiger partial charge in [-0.3, -0.25) is 4.79 Å². The highest BCUT2D eigenvalue weighted by molar-refractivity contribution is 5.94. The van der Waals surface area contributed by atoms with E-state index in [4.69, 9.17) is 0 Å². The van der Waals surface area contributed by atoms with Crippen LogP contribution in [-0.4, -0.2) is 37.1 Å². The molecule has 0 spiro atoms. The van der Waals surface area contributed by atoms with E-state index in [0.717, 1.165) is 37.9 Å². The number of benzene rings is 1. The van der Waals surface area contributed by atoms with Crippen LogP contribution in [0.4, 0.5) is 5.69 Å². The average molecular weight is 315 g/mol. The molecule has 2 unspecified atom stereocenters. The highest BCUT2D eigenvalue weighted by atomic mass is 16.1. The molecule has 2 saturated heterocycles. The Morgan fingerprint density at radius 3 is 2.39 bits per heavy atom. The second-order valence-corrected chi connectivity index (χ2v) is 6.91. The number of hydrogen-bond acceptors (Lipinski definition) is 3. The van der Waals surface area contributed by atoms with Crippen LogP contribution >= 0.6 is 0 Å². The van der Waals surface area contributed by atoms with Gasteiger partial charge in [-0.05, 0) is 63.3 Å². The van der Waals surface area contributed by atoms with Crippen molar-refractivity contribution in [3.05, 3.63) is 29.8 Å². The first-order valence-electron chi connectivity index (χ1n) is 9.11. The molecule has 1 amide bonds. The zero-order valence-corrected chi connectivity index (χ0v) is 14.3. The van der Waals surface area contributed by atoms with Crippen molar-refractivity contribution >= 4 is 11.6 Å². The maximum Gasteiger partial charge on any atom is 0.251 e. The number of amides is 1. The van der Waals surface area contributed by atoms with Crippen molar-refractivity contribution in [2.75, 3.05) is 18.0 Å². The van der Waals surface area contributed by atoms with Crippen LogP contribution in [0.5, 0.6) is 0 Å². The van der Waals surface area contributed by atoms with Crippen LogP contribution in [0.15, 0.2) is 24.3 Å². The molecule has 2 aliphatic heterocycles. The minimum Gasteiger partial charge on any atom is -0.372 e. The van der Waals surface area contributed by atoms with Gasteiger partial charge in [0.2, 0.25) is 0 Å². The van der Waals surface area contributed by atoms with Gasteiger partial charge in [-0.15, -0.1) is 0 Å². The molecule has 2 aliphatic rings. The number of nitrogens with zero attached hydrogens (tertiary/aromatic N) is 1. The maximum absolute atomic E-state index is 12.5. The number of anilines is 1. The predicted octanol–water partition coefficient (Wildman–Crippen LogP) is 2.94. The highest BCUT2D eigenvalue weighted by Gasteiger charge is 2.34. The highest BCUT2D eigenvalue weighted by Crippen LogP contribution is 2.27. The lowest BCUT2D eigenvalue weighted by Gasteiger charge is -2.29. The molecule has 2 atom stereocenters. The predicted molar refractivity (Wildman–Crippen MR) is 95.1 cm³/mol. The molecule has 4 heteroatoms. The Labute approximate surface area is 139 Å². The van der Waals surface area contributed by atoms with Gasteiger partial charge >= 0.3 is 0 Å². The number of hydrogen-bond donors (Lipinski definition) is 2. The molecule has 1 aromatic carbocycles. The standard InChI is InChI=1S/C19H29N3O/c1-3-11-22(4-2)18-9-5-14(6-10-18)19(23)21-17-12-15-7-8-16(13-17)20-15/h5-6,9-10,15-17,20H,3-4,7-8,11-13H2,1-2H3,(H,21,23). The zero-order valence-electron chi connectivity index (χ0n) is 14.3. The van der Waals surface area contributed by atoms with Crippen molar-refractivity contribution < 1.29 is 4.79 Å². The van der Waals surface area contributed by atoms with Crippen LogP contribution in [0, 0.1) is 0 Å². The lowest BCUT2D eigenvalue weighted by atomic mass is 9.99. The summed E-state index contributed by atoms with van der Waals surface area (Å²) in [4.78, 5) is 14.8. The smallest absolute Gasteiger partial charge is 0.251 e. The SMILES string of the molecule is CCCN(CC)c1ccc(C(=O)NC2CC3CCC(C2)N3)cc1. The lowest BCUT2D eigenvalue weighted by Crippen LogP contribution is -2.48. The van der Waals surface area contributed by atoms with Crippen LogP contribution in [0.1, 0.15) is 56.3 Å². The molecule has 1 aromatic rings. The van der Waals surface area contributed by atoms with Crippen LogP contribution in [0.25, 0.3) is 0 Å². The molecule has 3 rings (SSSR count). The Kier molecular flexibility index (Phi) is 5.21. The van der Waals surface area contributed by atoms with E-state index in [1.807, 2.05) is 12.1 Å². The number of carbonyl (C=O) groups excluding carboxylic acids is 1. The Morgan fingerprint density at radius 1 is 1.17 bits per heavy atom. The summed E-state index contributed by atoms with van der Waals surface area (Å²) in [6.07, 6.45) is 5.79. The van der Waals surface area contributed by atoms with Crippen molar-refractivity contribution in [3.8, 4) is 0 Å². The summed E-state index contributed by atoms with van der Waals surface area (Å²) in [5.74, 6) is 0.0707. The van der Waals surface area contributed by atoms with E-state index in [-0.39, 0.29) is 5.91 Å². The topological polar surface area (TPSA) is 44.4 Å². The summed E-state index contributed by atoms with van der Waals surface area (Å²) >= 11 is 0. The van der Waals surface area contributed by atoms with Gasteiger partial charge in [0.05, 0.1) is 0 Å². The largest absolute Gasteiger partial charge is 0.372 e. The van der Waals surface area contributed by atoms with E-state index in [2.05, 4.69) is 41.5 Å². The molecular formula is C19H29N3O. The van der Waals surface area contributed by atoms with E-state index >= 15 is 0 Å². The van der Waals surface area contributed by atoms with E-state index < -0.39 is 0 Å².